The Morgan fingerprint density at radius 3 is 2.28 bits per heavy atom. The van der Waals surface area contributed by atoms with Gasteiger partial charge in [0, 0.05) is 10.9 Å². The Hall–Kier alpha value is -5.49. The number of methoxy groups -OCH3 is 1. The third kappa shape index (κ3) is 5.33. The van der Waals surface area contributed by atoms with Crippen LogP contribution in [0.3, 0.4) is 0 Å². The van der Waals surface area contributed by atoms with Crippen molar-refractivity contribution < 1.29 is 39.1 Å². The molecule has 2 heterocycles. The van der Waals surface area contributed by atoms with Crippen LogP contribution in [0.1, 0.15) is 24.0 Å². The summed E-state index contributed by atoms with van der Waals surface area (Å²) in [4.78, 5) is 61.0. The quantitative estimate of drug-likeness (QED) is 0.142. The van der Waals surface area contributed by atoms with Crippen molar-refractivity contribution in [3.63, 3.8) is 0 Å². The molecule has 4 aromatic rings. The number of rotatable bonds is 7. The lowest BCUT2D eigenvalue weighted by molar-refractivity contribution is -0.128. The van der Waals surface area contributed by atoms with Crippen LogP contribution >= 0.6 is 11.6 Å². The van der Waals surface area contributed by atoms with Gasteiger partial charge in [-0.2, -0.15) is 0 Å². The van der Waals surface area contributed by atoms with E-state index >= 15 is 4.79 Å². The number of hydrogen-bond donors (Lipinski definition) is 3. The molecule has 0 bridgehead atoms. The molecule has 0 spiro atoms. The normalized spacial score (nSPS) is 26.4. The van der Waals surface area contributed by atoms with Crippen LogP contribution in [0.2, 0.25) is 5.02 Å². The van der Waals surface area contributed by atoms with Crippen molar-refractivity contribution in [2.24, 2.45) is 29.6 Å². The Labute approximate surface area is 310 Å². The van der Waals surface area contributed by atoms with Gasteiger partial charge in [0.25, 0.3) is 0 Å². The molecular weight excluding hydrogens is 695 g/mol. The third-order valence-corrected chi connectivity index (χ3v) is 11.6. The zero-order valence-electron chi connectivity index (χ0n) is 28.5. The van der Waals surface area contributed by atoms with Gasteiger partial charge in [-0.05, 0) is 77.8 Å². The Balaban J connectivity index is 1.31. The fourth-order valence-electron chi connectivity index (χ4n) is 9.07. The number of carbonyl (C=O) groups excluding carboxylic acids is 4. The minimum absolute atomic E-state index is 0.0361. The van der Waals surface area contributed by atoms with Gasteiger partial charge in [-0.3, -0.25) is 24.1 Å². The maximum atomic E-state index is 15.3. The van der Waals surface area contributed by atoms with Crippen molar-refractivity contribution in [1.82, 2.24) is 0 Å². The van der Waals surface area contributed by atoms with Gasteiger partial charge in [-0.1, -0.05) is 90.0 Å². The van der Waals surface area contributed by atoms with Gasteiger partial charge in [-0.25, -0.2) is 4.90 Å². The summed E-state index contributed by atoms with van der Waals surface area (Å²) in [6.45, 7) is 0. The van der Waals surface area contributed by atoms with Crippen LogP contribution in [0.4, 0.5) is 11.4 Å². The number of anilines is 2. The highest BCUT2D eigenvalue weighted by Gasteiger charge is 2.69. The highest BCUT2D eigenvalue weighted by Crippen LogP contribution is 2.62. The van der Waals surface area contributed by atoms with E-state index in [2.05, 4.69) is 0 Å². The first-order valence-corrected chi connectivity index (χ1v) is 17.7. The van der Waals surface area contributed by atoms with Crippen LogP contribution in [-0.4, -0.2) is 53.0 Å². The van der Waals surface area contributed by atoms with E-state index in [-0.39, 0.29) is 35.5 Å². The largest absolute Gasteiger partial charge is 0.504 e. The summed E-state index contributed by atoms with van der Waals surface area (Å²) in [7, 11) is -0.345. The molecule has 3 fully saturated rings. The maximum Gasteiger partial charge on any atom is 0.488 e. The number of phenols is 1. The van der Waals surface area contributed by atoms with Gasteiger partial charge in [0.05, 0.1) is 41.7 Å². The summed E-state index contributed by atoms with van der Waals surface area (Å²) in [5, 5.41) is 30.3. The van der Waals surface area contributed by atoms with Crippen molar-refractivity contribution >= 4 is 65.3 Å². The van der Waals surface area contributed by atoms with Crippen molar-refractivity contribution in [2.45, 2.75) is 18.3 Å². The summed E-state index contributed by atoms with van der Waals surface area (Å²) in [5.74, 6) is -5.26. The number of halogens is 1. The molecule has 3 N–H and O–H groups in total. The van der Waals surface area contributed by atoms with Gasteiger partial charge >= 0.3 is 7.12 Å². The molecule has 4 amide bonds. The number of nitrogens with zero attached hydrogens (tertiary/aromatic N) is 2. The standard InChI is InChI=1S/C41H34BClN2O8/c1-53-35-19-23(14-18-34(35)46)13-17-32-29-15-16-30-36(39(49)44(37(30)47)27-11-5-9-25(20-27)42(51)52)31(29)22-33-38(48)45(28-12-6-10-26(43)21-28)40(50)41(32,33)24-7-3-2-4-8-24/h2-15,17-21,30-33,36,46,51-52H,16,22H2,1H3/t30-,31+,32-,33-,36-,41-/m0/s1. The molecule has 266 valence electrons. The van der Waals surface area contributed by atoms with Crippen LogP contribution < -0.4 is 20.0 Å². The smallest absolute Gasteiger partial charge is 0.488 e. The van der Waals surface area contributed by atoms with E-state index in [9.17, 15) is 29.5 Å². The lowest BCUT2D eigenvalue weighted by Crippen LogP contribution is -2.54. The first kappa shape index (κ1) is 34.6. The molecule has 2 aliphatic heterocycles. The second-order valence-electron chi connectivity index (χ2n) is 13.9. The molecule has 2 aliphatic carbocycles. The van der Waals surface area contributed by atoms with Gasteiger partial charge < -0.3 is 19.9 Å². The number of hydrogen-bond acceptors (Lipinski definition) is 8. The van der Waals surface area contributed by atoms with Gasteiger partial charge in [0.15, 0.2) is 11.5 Å². The van der Waals surface area contributed by atoms with E-state index in [0.717, 1.165) is 10.5 Å². The summed E-state index contributed by atoms with van der Waals surface area (Å²) >= 11 is 6.39. The van der Waals surface area contributed by atoms with Crippen LogP contribution in [0.25, 0.3) is 6.08 Å². The molecule has 0 unspecified atom stereocenters. The van der Waals surface area contributed by atoms with Gasteiger partial charge in [0.2, 0.25) is 23.6 Å². The molecule has 12 heteroatoms. The number of benzene rings is 4. The minimum atomic E-state index is -1.79. The maximum absolute atomic E-state index is 15.3. The number of allylic oxidation sites excluding steroid dienone is 3. The minimum Gasteiger partial charge on any atom is -0.504 e. The van der Waals surface area contributed by atoms with E-state index in [1.54, 1.807) is 48.5 Å². The first-order valence-electron chi connectivity index (χ1n) is 17.3. The summed E-state index contributed by atoms with van der Waals surface area (Å²) in [6, 6.07) is 26.7. The van der Waals surface area contributed by atoms with E-state index < -0.39 is 65.8 Å². The van der Waals surface area contributed by atoms with Crippen molar-refractivity contribution in [1.29, 1.82) is 0 Å². The van der Waals surface area contributed by atoms with E-state index in [4.69, 9.17) is 16.3 Å². The molecule has 53 heavy (non-hydrogen) atoms. The molecule has 2 saturated heterocycles. The van der Waals surface area contributed by atoms with Crippen LogP contribution in [-0.2, 0) is 24.6 Å². The van der Waals surface area contributed by atoms with Crippen LogP contribution in [0.5, 0.6) is 11.5 Å². The number of phenolic OH excluding ortho intramolecular Hbond substituents is 1. The molecule has 4 aliphatic rings. The molecule has 4 aromatic carbocycles. The monoisotopic (exact) mass is 728 g/mol. The Morgan fingerprint density at radius 2 is 1.57 bits per heavy atom. The predicted octanol–water partition coefficient (Wildman–Crippen LogP) is 4.65. The Bertz CT molecular complexity index is 2240. The summed E-state index contributed by atoms with van der Waals surface area (Å²) < 4.78 is 5.35. The summed E-state index contributed by atoms with van der Waals surface area (Å²) in [5.41, 5.74) is 1.37. The fourth-order valence-corrected chi connectivity index (χ4v) is 9.26. The molecule has 1 saturated carbocycles. The Kier molecular flexibility index (Phi) is 8.60. The molecule has 0 aromatic heterocycles. The molecular formula is C41H34BClN2O8. The second-order valence-corrected chi connectivity index (χ2v) is 14.3. The van der Waals surface area contributed by atoms with E-state index in [1.165, 1.54) is 30.2 Å². The van der Waals surface area contributed by atoms with Crippen LogP contribution in [0.15, 0.2) is 115 Å². The average molecular weight is 729 g/mol. The highest BCUT2D eigenvalue weighted by atomic mass is 35.5. The molecule has 8 rings (SSSR count). The predicted molar refractivity (Wildman–Crippen MR) is 199 cm³/mol. The summed E-state index contributed by atoms with van der Waals surface area (Å²) in [6.07, 6.45) is 6.03. The molecule has 0 radical (unpaired) electrons. The zero-order chi connectivity index (χ0) is 37.2. The van der Waals surface area contributed by atoms with Gasteiger partial charge in [-0.15, -0.1) is 0 Å². The fraction of sp³-hybridized carbons (Fsp3) is 0.220. The average Bonchev–Trinajstić information content (AvgIpc) is 3.55. The van der Waals surface area contributed by atoms with Crippen molar-refractivity contribution in [3.05, 3.63) is 131 Å². The van der Waals surface area contributed by atoms with Crippen molar-refractivity contribution in [2.75, 3.05) is 16.9 Å². The number of fused-ring (bicyclic) bond motifs is 4. The SMILES string of the molecule is COc1cc(C=C[C@H]2C3=CC[C@@H]4C(=O)N(c5cccc(B(O)O)c5)C(=O)[C@@H]4[C@@H]3C[C@H]3C(=O)N(c4cccc(Cl)c4)C(=O)[C@@]23c2ccccc2)ccc1O. The third-order valence-electron chi connectivity index (χ3n) is 11.3. The second kappa shape index (κ2) is 13.2. The number of amides is 4. The topological polar surface area (TPSA) is 145 Å². The van der Waals surface area contributed by atoms with Crippen molar-refractivity contribution in [3.8, 4) is 11.5 Å². The van der Waals surface area contributed by atoms with E-state index in [0.29, 0.717) is 21.8 Å². The number of carbonyl (C=O) groups is 4. The van der Waals surface area contributed by atoms with E-state index in [1.807, 2.05) is 48.6 Å². The Morgan fingerprint density at radius 1 is 0.830 bits per heavy atom. The lowest BCUT2D eigenvalue weighted by atomic mass is 9.50. The molecule has 10 nitrogen and oxygen atoms in total. The number of ether oxygens (including phenoxy) is 1. The number of aromatic hydroxyl groups is 1. The van der Waals surface area contributed by atoms with Gasteiger partial charge in [0.1, 0.15) is 0 Å². The van der Waals surface area contributed by atoms with Crippen LogP contribution in [0, 0.1) is 29.6 Å². The number of imide groups is 2. The zero-order valence-corrected chi connectivity index (χ0v) is 29.3. The lowest BCUT2D eigenvalue weighted by Gasteiger charge is -2.49. The molecule has 6 atom stereocenters. The highest BCUT2D eigenvalue weighted by molar-refractivity contribution is 6.58. The first-order chi connectivity index (χ1) is 25.6.